The van der Waals surface area contributed by atoms with E-state index in [1.54, 1.807) is 30.0 Å². The number of hydrogen-bond acceptors (Lipinski definition) is 6. The highest BCUT2D eigenvalue weighted by molar-refractivity contribution is 6.02. The number of likely N-dealkylation sites (N-methyl/N-ethyl adjacent to an activating group) is 1. The maximum absolute atomic E-state index is 13.8. The summed E-state index contributed by atoms with van der Waals surface area (Å²) in [4.78, 5) is 44.4. The van der Waals surface area contributed by atoms with E-state index in [4.69, 9.17) is 9.47 Å². The molecule has 3 aromatic rings. The number of aryl methyl sites for hydroxylation is 2. The molecule has 9 nitrogen and oxygen atoms in total. The van der Waals surface area contributed by atoms with Crippen LogP contribution in [0.2, 0.25) is 0 Å². The highest BCUT2D eigenvalue weighted by atomic mass is 16.5. The molecule has 0 aliphatic carbocycles. The van der Waals surface area contributed by atoms with Gasteiger partial charge in [-0.05, 0) is 65.9 Å². The SMILES string of the molecule is CNC(=O)c1cccc(-c2ccc(C(CN3CCOCC3)N(C)C(=O)CN3C(=O)COc4cc(C)c(C)cc43)cc2)c1. The minimum absolute atomic E-state index is 0.0713. The van der Waals surface area contributed by atoms with Crippen molar-refractivity contribution in [1.29, 1.82) is 0 Å². The van der Waals surface area contributed by atoms with Gasteiger partial charge in [0.05, 0.1) is 24.9 Å². The lowest BCUT2D eigenvalue weighted by Gasteiger charge is -2.37. The van der Waals surface area contributed by atoms with Crippen LogP contribution in [0.1, 0.15) is 33.1 Å². The molecular formula is C33H38N4O5. The van der Waals surface area contributed by atoms with Crippen LogP contribution in [0.15, 0.2) is 60.7 Å². The molecule has 3 aromatic carbocycles. The van der Waals surface area contributed by atoms with E-state index in [1.807, 2.05) is 68.4 Å². The van der Waals surface area contributed by atoms with Crippen molar-refractivity contribution in [2.24, 2.45) is 0 Å². The van der Waals surface area contributed by atoms with Crippen molar-refractivity contribution in [3.8, 4) is 16.9 Å². The number of nitrogens with zero attached hydrogens (tertiary/aromatic N) is 3. The average Bonchev–Trinajstić information content (AvgIpc) is 3.02. The van der Waals surface area contributed by atoms with Gasteiger partial charge in [-0.15, -0.1) is 0 Å². The molecule has 1 saturated heterocycles. The Balaban J connectivity index is 1.40. The van der Waals surface area contributed by atoms with Crippen molar-refractivity contribution in [3.63, 3.8) is 0 Å². The summed E-state index contributed by atoms with van der Waals surface area (Å²) in [6.07, 6.45) is 0. The van der Waals surface area contributed by atoms with Crippen molar-refractivity contribution < 1.29 is 23.9 Å². The van der Waals surface area contributed by atoms with Crippen LogP contribution >= 0.6 is 0 Å². The molecule has 42 heavy (non-hydrogen) atoms. The van der Waals surface area contributed by atoms with Crippen LogP contribution in [0.25, 0.3) is 11.1 Å². The van der Waals surface area contributed by atoms with Gasteiger partial charge in [0.1, 0.15) is 12.3 Å². The molecular weight excluding hydrogens is 532 g/mol. The fourth-order valence-electron chi connectivity index (χ4n) is 5.41. The molecule has 0 radical (unpaired) electrons. The monoisotopic (exact) mass is 570 g/mol. The van der Waals surface area contributed by atoms with E-state index in [2.05, 4.69) is 10.2 Å². The number of nitrogens with one attached hydrogen (secondary N) is 1. The first-order chi connectivity index (χ1) is 20.2. The van der Waals surface area contributed by atoms with Gasteiger partial charge in [-0.1, -0.05) is 36.4 Å². The number of rotatable bonds is 8. The second-order valence-corrected chi connectivity index (χ2v) is 10.9. The fourth-order valence-corrected chi connectivity index (χ4v) is 5.41. The maximum Gasteiger partial charge on any atom is 0.265 e. The van der Waals surface area contributed by atoms with Gasteiger partial charge in [0, 0.05) is 39.3 Å². The van der Waals surface area contributed by atoms with Crippen LogP contribution in [0, 0.1) is 13.8 Å². The lowest BCUT2D eigenvalue weighted by molar-refractivity contribution is -0.133. The number of benzene rings is 3. The molecule has 1 N–H and O–H groups in total. The number of carbonyl (C=O) groups excluding carboxylic acids is 3. The van der Waals surface area contributed by atoms with Gasteiger partial charge in [-0.25, -0.2) is 0 Å². The number of ether oxygens (including phenoxy) is 2. The maximum atomic E-state index is 13.8. The zero-order valence-electron chi connectivity index (χ0n) is 24.7. The topological polar surface area (TPSA) is 91.4 Å². The minimum Gasteiger partial charge on any atom is -0.482 e. The standard InChI is InChI=1S/C33H38N4O5/c1-22-16-28-30(17-23(22)2)42-21-32(39)37(28)20-31(38)35(4)29(19-36-12-14-41-15-13-36)25-10-8-24(9-11-25)26-6-5-7-27(18-26)33(40)34-3/h5-11,16-18,29H,12-15,19-21H2,1-4H3,(H,34,40). The van der Waals surface area contributed by atoms with E-state index < -0.39 is 0 Å². The molecule has 1 fully saturated rings. The summed E-state index contributed by atoms with van der Waals surface area (Å²) in [5, 5.41) is 2.67. The smallest absolute Gasteiger partial charge is 0.265 e. The molecule has 1 unspecified atom stereocenters. The van der Waals surface area contributed by atoms with Gasteiger partial charge < -0.3 is 19.7 Å². The molecule has 0 bridgehead atoms. The van der Waals surface area contributed by atoms with Crippen LogP contribution in [-0.4, -0.2) is 87.6 Å². The number of anilines is 1. The van der Waals surface area contributed by atoms with Gasteiger partial charge in [-0.3, -0.25) is 24.2 Å². The predicted octanol–water partition coefficient (Wildman–Crippen LogP) is 3.59. The molecule has 3 amide bonds. The molecule has 0 aromatic heterocycles. The molecule has 2 heterocycles. The molecule has 2 aliphatic heterocycles. The predicted molar refractivity (Wildman–Crippen MR) is 162 cm³/mol. The van der Waals surface area contributed by atoms with E-state index >= 15 is 0 Å². The quantitative estimate of drug-likeness (QED) is 0.445. The van der Waals surface area contributed by atoms with Crippen molar-refractivity contribution in [2.45, 2.75) is 19.9 Å². The van der Waals surface area contributed by atoms with Gasteiger partial charge in [0.25, 0.3) is 11.8 Å². The van der Waals surface area contributed by atoms with E-state index in [1.165, 1.54) is 0 Å². The van der Waals surface area contributed by atoms with Crippen LogP contribution < -0.4 is 15.0 Å². The zero-order chi connectivity index (χ0) is 29.8. The Kier molecular flexibility index (Phi) is 8.89. The van der Waals surface area contributed by atoms with Gasteiger partial charge in [0.2, 0.25) is 5.91 Å². The molecule has 9 heteroatoms. The molecule has 5 rings (SSSR count). The largest absolute Gasteiger partial charge is 0.482 e. The van der Waals surface area contributed by atoms with Gasteiger partial charge in [0.15, 0.2) is 6.61 Å². The van der Waals surface area contributed by atoms with Crippen LogP contribution in [0.4, 0.5) is 5.69 Å². The molecule has 1 atom stereocenters. The normalized spacial score (nSPS) is 15.9. The summed E-state index contributed by atoms with van der Waals surface area (Å²) < 4.78 is 11.2. The highest BCUT2D eigenvalue weighted by Gasteiger charge is 2.31. The Morgan fingerprint density at radius 2 is 1.69 bits per heavy atom. The molecule has 0 spiro atoms. The first-order valence-corrected chi connectivity index (χ1v) is 14.3. The Labute approximate surface area is 247 Å². The van der Waals surface area contributed by atoms with E-state index in [9.17, 15) is 14.4 Å². The lowest BCUT2D eigenvalue weighted by Crippen LogP contribution is -2.48. The Hall–Kier alpha value is -4.21. The highest BCUT2D eigenvalue weighted by Crippen LogP contribution is 2.35. The fraction of sp³-hybridized carbons (Fsp3) is 0.364. The van der Waals surface area contributed by atoms with Crippen molar-refractivity contribution in [1.82, 2.24) is 15.1 Å². The molecule has 0 saturated carbocycles. The van der Waals surface area contributed by atoms with Crippen molar-refractivity contribution >= 4 is 23.4 Å². The van der Waals surface area contributed by atoms with Crippen LogP contribution in [0.5, 0.6) is 5.75 Å². The third-order valence-electron chi connectivity index (χ3n) is 8.19. The Morgan fingerprint density at radius 3 is 2.40 bits per heavy atom. The Bertz CT molecular complexity index is 1470. The molecule has 2 aliphatic rings. The first kappa shape index (κ1) is 29.3. The number of fused-ring (bicyclic) bond motifs is 1. The number of amides is 3. The summed E-state index contributed by atoms with van der Waals surface area (Å²) in [7, 11) is 3.42. The van der Waals surface area contributed by atoms with Gasteiger partial charge >= 0.3 is 0 Å². The van der Waals surface area contributed by atoms with Crippen molar-refractivity contribution in [2.75, 3.05) is 65.0 Å². The van der Waals surface area contributed by atoms with E-state index in [0.29, 0.717) is 36.8 Å². The average molecular weight is 571 g/mol. The molecule has 220 valence electrons. The number of morpholine rings is 1. The Morgan fingerprint density at radius 1 is 0.976 bits per heavy atom. The zero-order valence-corrected chi connectivity index (χ0v) is 24.7. The third-order valence-corrected chi connectivity index (χ3v) is 8.19. The van der Waals surface area contributed by atoms with E-state index in [-0.39, 0.29) is 36.9 Å². The van der Waals surface area contributed by atoms with Crippen molar-refractivity contribution in [3.05, 3.63) is 82.9 Å². The summed E-state index contributed by atoms with van der Waals surface area (Å²) in [5.74, 6) is 0.0931. The summed E-state index contributed by atoms with van der Waals surface area (Å²) in [6, 6.07) is 19.2. The number of carbonyl (C=O) groups is 3. The summed E-state index contributed by atoms with van der Waals surface area (Å²) in [6.45, 7) is 7.35. The summed E-state index contributed by atoms with van der Waals surface area (Å²) in [5.41, 5.74) is 6.23. The van der Waals surface area contributed by atoms with Crippen LogP contribution in [0.3, 0.4) is 0 Å². The first-order valence-electron chi connectivity index (χ1n) is 14.3. The second kappa shape index (κ2) is 12.8. The van der Waals surface area contributed by atoms with E-state index in [0.717, 1.165) is 40.9 Å². The third kappa shape index (κ3) is 6.32. The second-order valence-electron chi connectivity index (χ2n) is 10.9. The minimum atomic E-state index is -0.239. The lowest BCUT2D eigenvalue weighted by atomic mass is 9.98. The van der Waals surface area contributed by atoms with Crippen LogP contribution in [-0.2, 0) is 14.3 Å². The summed E-state index contributed by atoms with van der Waals surface area (Å²) >= 11 is 0. The number of hydrogen-bond donors (Lipinski definition) is 1. The van der Waals surface area contributed by atoms with Gasteiger partial charge in [-0.2, -0.15) is 0 Å².